The largest absolute Gasteiger partial charge is 0.314 e. The van der Waals surface area contributed by atoms with Gasteiger partial charge in [0.2, 0.25) is 0 Å². The molecule has 0 aliphatic carbocycles. The van der Waals surface area contributed by atoms with E-state index >= 15 is 0 Å². The summed E-state index contributed by atoms with van der Waals surface area (Å²) in [6, 6.07) is 17.5. The number of nitrogens with zero attached hydrogens (tertiary/aromatic N) is 1. The molecule has 2 aromatic carbocycles. The number of halogens is 1. The predicted octanol–water partition coefficient (Wildman–Crippen LogP) is 4.67. The lowest BCUT2D eigenvalue weighted by atomic mass is 9.96. The van der Waals surface area contributed by atoms with Gasteiger partial charge in [0, 0.05) is 31.2 Å². The van der Waals surface area contributed by atoms with Gasteiger partial charge in [-0.1, -0.05) is 67.4 Å². The van der Waals surface area contributed by atoms with Crippen LogP contribution in [0.4, 0.5) is 0 Å². The zero-order chi connectivity index (χ0) is 16.7. The van der Waals surface area contributed by atoms with Crippen molar-refractivity contribution in [2.24, 2.45) is 0 Å². The van der Waals surface area contributed by atoms with Crippen LogP contribution < -0.4 is 5.32 Å². The third kappa shape index (κ3) is 4.81. The first-order valence-electron chi connectivity index (χ1n) is 8.51. The van der Waals surface area contributed by atoms with Crippen LogP contribution in [-0.4, -0.2) is 31.1 Å². The molecule has 1 saturated heterocycles. The van der Waals surface area contributed by atoms with Crippen molar-refractivity contribution >= 4 is 11.6 Å². The lowest BCUT2D eigenvalue weighted by Gasteiger charge is -2.35. The average Bonchev–Trinajstić information content (AvgIpc) is 2.61. The standard InChI is InChI=1S/C18H21ClN2.C2H6/c1-14-2-4-15(5-3-14)18(21-12-10-20-11-13-21)16-6-8-17(19)9-7-16;1-2/h2-9,18,20H,10-13H2,1H3;1-2H3. The van der Waals surface area contributed by atoms with E-state index in [1.807, 2.05) is 26.0 Å². The number of rotatable bonds is 3. The third-order valence-corrected chi connectivity index (χ3v) is 4.35. The van der Waals surface area contributed by atoms with Gasteiger partial charge in [0.05, 0.1) is 6.04 Å². The Morgan fingerprint density at radius 1 is 0.870 bits per heavy atom. The van der Waals surface area contributed by atoms with Crippen molar-refractivity contribution in [1.82, 2.24) is 10.2 Å². The van der Waals surface area contributed by atoms with Gasteiger partial charge >= 0.3 is 0 Å². The van der Waals surface area contributed by atoms with Gasteiger partial charge in [-0.15, -0.1) is 0 Å². The topological polar surface area (TPSA) is 15.3 Å². The van der Waals surface area contributed by atoms with E-state index in [-0.39, 0.29) is 0 Å². The van der Waals surface area contributed by atoms with Gasteiger partial charge in [0.1, 0.15) is 0 Å². The SMILES string of the molecule is CC.Cc1ccc(C(c2ccc(Cl)cc2)N2CCNCC2)cc1. The molecule has 1 N–H and O–H groups in total. The first kappa shape index (κ1) is 18.0. The normalized spacial score (nSPS) is 16.3. The van der Waals surface area contributed by atoms with E-state index in [1.54, 1.807) is 0 Å². The van der Waals surface area contributed by atoms with Crippen molar-refractivity contribution in [2.45, 2.75) is 26.8 Å². The molecule has 2 nitrogen and oxygen atoms in total. The minimum atomic E-state index is 0.310. The molecule has 1 aliphatic rings. The van der Waals surface area contributed by atoms with Crippen molar-refractivity contribution in [2.75, 3.05) is 26.2 Å². The fourth-order valence-electron chi connectivity index (χ4n) is 2.95. The Balaban J connectivity index is 0.000000924. The fourth-order valence-corrected chi connectivity index (χ4v) is 3.07. The summed E-state index contributed by atoms with van der Waals surface area (Å²) in [4.78, 5) is 2.55. The van der Waals surface area contributed by atoms with Crippen LogP contribution in [0.25, 0.3) is 0 Å². The maximum Gasteiger partial charge on any atom is 0.0602 e. The van der Waals surface area contributed by atoms with E-state index in [1.165, 1.54) is 16.7 Å². The molecule has 23 heavy (non-hydrogen) atoms. The van der Waals surface area contributed by atoms with E-state index < -0.39 is 0 Å². The summed E-state index contributed by atoms with van der Waals surface area (Å²) in [7, 11) is 0. The summed E-state index contributed by atoms with van der Waals surface area (Å²) in [6.07, 6.45) is 0. The van der Waals surface area contributed by atoms with Gasteiger partial charge in [-0.3, -0.25) is 4.90 Å². The molecule has 0 spiro atoms. The molecule has 1 heterocycles. The van der Waals surface area contributed by atoms with Gasteiger partial charge in [0.25, 0.3) is 0 Å². The van der Waals surface area contributed by atoms with Crippen molar-refractivity contribution in [1.29, 1.82) is 0 Å². The zero-order valence-electron chi connectivity index (χ0n) is 14.3. The number of hydrogen-bond acceptors (Lipinski definition) is 2. The quantitative estimate of drug-likeness (QED) is 0.879. The number of hydrogen-bond donors (Lipinski definition) is 1. The third-order valence-electron chi connectivity index (χ3n) is 4.10. The second-order valence-corrected chi connectivity index (χ2v) is 6.09. The molecule has 0 radical (unpaired) electrons. The van der Waals surface area contributed by atoms with E-state index in [0.717, 1.165) is 31.2 Å². The molecule has 0 amide bonds. The Morgan fingerprint density at radius 3 is 1.87 bits per heavy atom. The highest BCUT2D eigenvalue weighted by molar-refractivity contribution is 6.30. The smallest absolute Gasteiger partial charge is 0.0602 e. The highest BCUT2D eigenvalue weighted by Crippen LogP contribution is 2.30. The molecule has 124 valence electrons. The Hall–Kier alpha value is -1.35. The molecule has 1 fully saturated rings. The molecule has 2 aromatic rings. The summed E-state index contributed by atoms with van der Waals surface area (Å²) in [6.45, 7) is 10.4. The lowest BCUT2D eigenvalue weighted by Crippen LogP contribution is -2.45. The maximum atomic E-state index is 6.05. The molecule has 0 bridgehead atoms. The molecule has 1 aliphatic heterocycles. The Morgan fingerprint density at radius 2 is 1.35 bits per heavy atom. The van der Waals surface area contributed by atoms with Crippen LogP contribution in [0, 0.1) is 6.92 Å². The predicted molar refractivity (Wildman–Crippen MR) is 100 cm³/mol. The van der Waals surface area contributed by atoms with Crippen LogP contribution >= 0.6 is 11.6 Å². The monoisotopic (exact) mass is 330 g/mol. The van der Waals surface area contributed by atoms with Crippen LogP contribution in [0.5, 0.6) is 0 Å². The molecule has 3 heteroatoms. The average molecular weight is 331 g/mol. The van der Waals surface area contributed by atoms with Crippen molar-refractivity contribution < 1.29 is 0 Å². The molecule has 1 unspecified atom stereocenters. The first-order valence-corrected chi connectivity index (χ1v) is 8.88. The number of nitrogens with one attached hydrogen (secondary N) is 1. The van der Waals surface area contributed by atoms with Crippen molar-refractivity contribution in [3.63, 3.8) is 0 Å². The first-order chi connectivity index (χ1) is 11.2. The van der Waals surface area contributed by atoms with Crippen molar-refractivity contribution in [3.8, 4) is 0 Å². The molecular formula is C20H27ClN2. The summed E-state index contributed by atoms with van der Waals surface area (Å²) in [5.41, 5.74) is 3.96. The van der Waals surface area contributed by atoms with Gasteiger partial charge in [-0.05, 0) is 30.2 Å². The molecule has 1 atom stereocenters. The Bertz CT molecular complexity index is 526. The summed E-state index contributed by atoms with van der Waals surface area (Å²) in [5, 5.41) is 4.22. The van der Waals surface area contributed by atoms with Gasteiger partial charge in [0.15, 0.2) is 0 Å². The summed E-state index contributed by atoms with van der Waals surface area (Å²) in [5.74, 6) is 0. The molecule has 3 rings (SSSR count). The lowest BCUT2D eigenvalue weighted by molar-refractivity contribution is 0.198. The molecular weight excluding hydrogens is 304 g/mol. The number of aryl methyl sites for hydroxylation is 1. The van der Waals surface area contributed by atoms with Gasteiger partial charge in [-0.2, -0.15) is 0 Å². The number of piperazine rings is 1. The van der Waals surface area contributed by atoms with Crippen LogP contribution in [0.15, 0.2) is 48.5 Å². The maximum absolute atomic E-state index is 6.05. The molecule has 0 saturated carbocycles. The second-order valence-electron chi connectivity index (χ2n) is 5.65. The minimum absolute atomic E-state index is 0.310. The van der Waals surface area contributed by atoms with E-state index in [0.29, 0.717) is 6.04 Å². The minimum Gasteiger partial charge on any atom is -0.314 e. The van der Waals surface area contributed by atoms with E-state index in [4.69, 9.17) is 11.6 Å². The van der Waals surface area contributed by atoms with Crippen LogP contribution in [0.1, 0.15) is 36.6 Å². The van der Waals surface area contributed by atoms with Crippen LogP contribution in [-0.2, 0) is 0 Å². The van der Waals surface area contributed by atoms with Crippen molar-refractivity contribution in [3.05, 3.63) is 70.2 Å². The zero-order valence-corrected chi connectivity index (χ0v) is 15.1. The van der Waals surface area contributed by atoms with Gasteiger partial charge in [-0.25, -0.2) is 0 Å². The van der Waals surface area contributed by atoms with Crippen LogP contribution in [0.2, 0.25) is 5.02 Å². The highest BCUT2D eigenvalue weighted by atomic mass is 35.5. The number of benzene rings is 2. The highest BCUT2D eigenvalue weighted by Gasteiger charge is 2.23. The van der Waals surface area contributed by atoms with E-state index in [9.17, 15) is 0 Å². The van der Waals surface area contributed by atoms with Crippen LogP contribution in [0.3, 0.4) is 0 Å². The molecule has 0 aromatic heterocycles. The second kappa shape index (κ2) is 9.07. The summed E-state index contributed by atoms with van der Waals surface area (Å²) < 4.78 is 0. The summed E-state index contributed by atoms with van der Waals surface area (Å²) >= 11 is 6.05. The Kier molecular flexibility index (Phi) is 7.10. The van der Waals surface area contributed by atoms with Gasteiger partial charge < -0.3 is 5.32 Å². The van der Waals surface area contributed by atoms with E-state index in [2.05, 4.69) is 53.5 Å². The Labute approximate surface area is 145 Å². The fraction of sp³-hybridized carbons (Fsp3) is 0.400.